The van der Waals surface area contributed by atoms with Crippen molar-refractivity contribution in [2.75, 3.05) is 13.6 Å². The smallest absolute Gasteiger partial charge is 0.191 e. The van der Waals surface area contributed by atoms with Gasteiger partial charge < -0.3 is 10.6 Å². The Labute approximate surface area is 157 Å². The predicted molar refractivity (Wildman–Crippen MR) is 106 cm³/mol. The Morgan fingerprint density at radius 1 is 1.14 bits per heavy atom. The summed E-state index contributed by atoms with van der Waals surface area (Å²) in [7, 11) is 1.78. The lowest BCUT2D eigenvalue weighted by atomic mass is 10.2. The molecule has 0 aliphatic heterocycles. The maximum atomic E-state index is 4.30. The van der Waals surface area contributed by atoms with Crippen molar-refractivity contribution in [2.24, 2.45) is 4.99 Å². The minimum atomic E-state index is 0. The number of nitrogens with one attached hydrogen (secondary N) is 2. The summed E-state index contributed by atoms with van der Waals surface area (Å²) in [4.78, 5) is 8.52. The second-order valence-electron chi connectivity index (χ2n) is 4.55. The largest absolute Gasteiger partial charge is 0.356 e. The number of rotatable bonds is 5. The van der Waals surface area contributed by atoms with Crippen LogP contribution in [0.25, 0.3) is 0 Å². The van der Waals surface area contributed by atoms with Gasteiger partial charge in [-0.3, -0.25) is 9.98 Å². The third-order valence-corrected chi connectivity index (χ3v) is 3.53. The van der Waals surface area contributed by atoms with E-state index in [4.69, 9.17) is 0 Å². The van der Waals surface area contributed by atoms with Gasteiger partial charge >= 0.3 is 0 Å². The normalized spacial score (nSPS) is 10.7. The molecule has 0 unspecified atom stereocenters. The quantitative estimate of drug-likeness (QED) is 0.397. The number of aromatic nitrogens is 1. The molecule has 0 atom stereocenters. The molecule has 0 radical (unpaired) electrons. The van der Waals surface area contributed by atoms with Crippen LogP contribution >= 0.6 is 39.9 Å². The summed E-state index contributed by atoms with van der Waals surface area (Å²) in [5.74, 6) is 0.800. The van der Waals surface area contributed by atoms with Gasteiger partial charge in [-0.25, -0.2) is 0 Å². The molecule has 0 aliphatic carbocycles. The molecule has 0 saturated heterocycles. The van der Waals surface area contributed by atoms with Crippen LogP contribution in [0, 0.1) is 0 Å². The summed E-state index contributed by atoms with van der Waals surface area (Å²) in [6.07, 6.45) is 2.69. The first-order valence-corrected chi connectivity index (χ1v) is 7.66. The Balaban J connectivity index is 0.00000242. The summed E-state index contributed by atoms with van der Waals surface area (Å²) in [6.45, 7) is 1.55. The molecule has 2 aromatic rings. The lowest BCUT2D eigenvalue weighted by Gasteiger charge is -2.11. The average molecular weight is 475 g/mol. The summed E-state index contributed by atoms with van der Waals surface area (Å²) in [6, 6.07) is 14.2. The van der Waals surface area contributed by atoms with Gasteiger partial charge in [0, 0.05) is 42.9 Å². The molecular weight excluding hydrogens is 455 g/mol. The molecule has 118 valence electrons. The van der Waals surface area contributed by atoms with Crippen LogP contribution in [0.1, 0.15) is 11.3 Å². The maximum Gasteiger partial charge on any atom is 0.191 e. The minimum absolute atomic E-state index is 0. The number of hydrogen-bond donors (Lipinski definition) is 2. The second-order valence-corrected chi connectivity index (χ2v) is 5.47. The van der Waals surface area contributed by atoms with Crippen molar-refractivity contribution in [3.63, 3.8) is 0 Å². The average Bonchev–Trinajstić information content (AvgIpc) is 2.53. The molecule has 0 aliphatic rings. The van der Waals surface area contributed by atoms with Crippen LogP contribution in [0.4, 0.5) is 0 Å². The minimum Gasteiger partial charge on any atom is -0.356 e. The van der Waals surface area contributed by atoms with Gasteiger partial charge in [0.05, 0.1) is 0 Å². The van der Waals surface area contributed by atoms with E-state index in [0.29, 0.717) is 0 Å². The topological polar surface area (TPSA) is 49.3 Å². The lowest BCUT2D eigenvalue weighted by Crippen LogP contribution is -2.37. The van der Waals surface area contributed by atoms with E-state index < -0.39 is 0 Å². The molecule has 0 bridgehead atoms. The van der Waals surface area contributed by atoms with Crippen molar-refractivity contribution in [2.45, 2.75) is 13.0 Å². The van der Waals surface area contributed by atoms with Crippen molar-refractivity contribution < 1.29 is 0 Å². The maximum absolute atomic E-state index is 4.30. The molecule has 0 fully saturated rings. The van der Waals surface area contributed by atoms with Crippen molar-refractivity contribution in [1.82, 2.24) is 15.6 Å². The number of nitrogens with zero attached hydrogens (tertiary/aromatic N) is 2. The van der Waals surface area contributed by atoms with Gasteiger partial charge in [0.25, 0.3) is 0 Å². The Morgan fingerprint density at radius 2 is 1.91 bits per heavy atom. The highest BCUT2D eigenvalue weighted by atomic mass is 127. The zero-order valence-corrected chi connectivity index (χ0v) is 16.3. The van der Waals surface area contributed by atoms with Crippen molar-refractivity contribution in [3.05, 3.63) is 64.4 Å². The molecular formula is C16H20BrIN4. The number of aliphatic imine (C=N–C) groups is 1. The SMILES string of the molecule is CN=C(NCCc1ccccn1)NCc1ccc(Br)cc1.I. The molecule has 4 nitrogen and oxygen atoms in total. The first-order chi connectivity index (χ1) is 10.3. The molecule has 1 heterocycles. The van der Waals surface area contributed by atoms with Gasteiger partial charge in [-0.2, -0.15) is 0 Å². The van der Waals surface area contributed by atoms with Crippen molar-refractivity contribution in [3.8, 4) is 0 Å². The van der Waals surface area contributed by atoms with Crippen molar-refractivity contribution in [1.29, 1.82) is 0 Å². The van der Waals surface area contributed by atoms with E-state index in [2.05, 4.69) is 48.7 Å². The van der Waals surface area contributed by atoms with Gasteiger partial charge in [0.15, 0.2) is 5.96 Å². The molecule has 0 amide bonds. The highest BCUT2D eigenvalue weighted by Gasteiger charge is 1.99. The monoisotopic (exact) mass is 474 g/mol. The van der Waals surface area contributed by atoms with Crippen LogP contribution in [0.5, 0.6) is 0 Å². The first kappa shape index (κ1) is 18.9. The summed E-state index contributed by atoms with van der Waals surface area (Å²) >= 11 is 3.43. The fourth-order valence-corrected chi connectivity index (χ4v) is 2.13. The molecule has 1 aromatic heterocycles. The number of hydrogen-bond acceptors (Lipinski definition) is 2. The highest BCUT2D eigenvalue weighted by molar-refractivity contribution is 14.0. The lowest BCUT2D eigenvalue weighted by molar-refractivity contribution is 0.784. The van der Waals surface area contributed by atoms with E-state index in [1.54, 1.807) is 7.05 Å². The molecule has 0 spiro atoms. The summed E-state index contributed by atoms with van der Waals surface area (Å²) in [5.41, 5.74) is 2.29. The molecule has 2 N–H and O–H groups in total. The fourth-order valence-electron chi connectivity index (χ4n) is 1.86. The van der Waals surface area contributed by atoms with Crippen LogP contribution in [-0.2, 0) is 13.0 Å². The molecule has 1 aromatic carbocycles. The molecule has 22 heavy (non-hydrogen) atoms. The Hall–Kier alpha value is -1.15. The fraction of sp³-hybridized carbons (Fsp3) is 0.250. The zero-order chi connectivity index (χ0) is 14.9. The molecule has 0 saturated carbocycles. The standard InChI is InChI=1S/C16H19BrN4.HI/c1-18-16(20-11-9-15-4-2-3-10-19-15)21-12-13-5-7-14(17)8-6-13;/h2-8,10H,9,11-12H2,1H3,(H2,18,20,21);1H. The van der Waals surface area contributed by atoms with E-state index in [1.807, 2.05) is 36.5 Å². The summed E-state index contributed by atoms with van der Waals surface area (Å²) in [5, 5.41) is 6.58. The Kier molecular flexibility index (Phi) is 9.07. The van der Waals surface area contributed by atoms with Gasteiger partial charge in [-0.15, -0.1) is 24.0 Å². The van der Waals surface area contributed by atoms with Gasteiger partial charge in [0.1, 0.15) is 0 Å². The predicted octanol–water partition coefficient (Wildman–Crippen LogP) is 3.37. The Morgan fingerprint density at radius 3 is 2.55 bits per heavy atom. The zero-order valence-electron chi connectivity index (χ0n) is 12.4. The van der Waals surface area contributed by atoms with Gasteiger partial charge in [-0.1, -0.05) is 34.1 Å². The van der Waals surface area contributed by atoms with Crippen LogP contribution < -0.4 is 10.6 Å². The van der Waals surface area contributed by atoms with E-state index in [-0.39, 0.29) is 24.0 Å². The highest BCUT2D eigenvalue weighted by Crippen LogP contribution is 2.10. The number of benzene rings is 1. The van der Waals surface area contributed by atoms with Crippen LogP contribution in [0.3, 0.4) is 0 Å². The van der Waals surface area contributed by atoms with Crippen molar-refractivity contribution >= 4 is 45.9 Å². The van der Waals surface area contributed by atoms with Gasteiger partial charge in [-0.05, 0) is 29.8 Å². The number of guanidine groups is 1. The van der Waals surface area contributed by atoms with Crippen LogP contribution in [0.2, 0.25) is 0 Å². The van der Waals surface area contributed by atoms with E-state index in [1.165, 1.54) is 5.56 Å². The molecule has 6 heteroatoms. The van der Waals surface area contributed by atoms with E-state index in [9.17, 15) is 0 Å². The second kappa shape index (κ2) is 10.6. The first-order valence-electron chi connectivity index (χ1n) is 6.87. The van der Waals surface area contributed by atoms with E-state index >= 15 is 0 Å². The Bertz CT molecular complexity index is 572. The molecule has 2 rings (SSSR count). The third kappa shape index (κ3) is 6.74. The summed E-state index contributed by atoms with van der Waals surface area (Å²) < 4.78 is 1.09. The van der Waals surface area contributed by atoms with E-state index in [0.717, 1.165) is 35.6 Å². The van der Waals surface area contributed by atoms with Crippen LogP contribution in [0.15, 0.2) is 58.1 Å². The third-order valence-electron chi connectivity index (χ3n) is 3.00. The van der Waals surface area contributed by atoms with Crippen LogP contribution in [-0.4, -0.2) is 24.5 Å². The van der Waals surface area contributed by atoms with Gasteiger partial charge in [0.2, 0.25) is 0 Å². The number of pyridine rings is 1. The number of halogens is 2.